The lowest BCUT2D eigenvalue weighted by Gasteiger charge is -2.17. The van der Waals surface area contributed by atoms with Crippen molar-refractivity contribution >= 4 is 16.0 Å². The molecule has 2 unspecified atom stereocenters. The summed E-state index contributed by atoms with van der Waals surface area (Å²) in [5.41, 5.74) is 2.61. The number of methoxy groups -OCH3 is 1. The Balaban J connectivity index is 1.84. The molecule has 1 fully saturated rings. The van der Waals surface area contributed by atoms with Crippen LogP contribution < -0.4 is 0 Å². The lowest BCUT2D eigenvalue weighted by atomic mass is 9.87. The van der Waals surface area contributed by atoms with Gasteiger partial charge in [-0.3, -0.25) is 0 Å². The molecule has 25 heavy (non-hydrogen) atoms. The maximum atomic E-state index is 12.9. The number of allylic oxidation sites excluding steroid dienone is 1. The fourth-order valence-electron chi connectivity index (χ4n) is 3.63. The van der Waals surface area contributed by atoms with Gasteiger partial charge >= 0.3 is 5.97 Å². The molecule has 3 rings (SSSR count). The third kappa shape index (κ3) is 3.41. The van der Waals surface area contributed by atoms with Crippen molar-refractivity contribution in [1.82, 2.24) is 4.31 Å². The van der Waals surface area contributed by atoms with Crippen LogP contribution in [0.25, 0.3) is 0 Å². The summed E-state index contributed by atoms with van der Waals surface area (Å²) < 4.78 is 32.2. The Hall–Kier alpha value is -1.92. The monoisotopic (exact) mass is 361 g/mol. The number of carbonyl (C=O) groups is 1. The van der Waals surface area contributed by atoms with E-state index < -0.39 is 10.0 Å². The topological polar surface area (TPSA) is 63.7 Å². The molecule has 0 N–H and O–H groups in total. The molecule has 1 aliphatic heterocycles. The second-order valence-corrected chi connectivity index (χ2v) is 8.73. The maximum Gasteiger partial charge on any atom is 0.333 e. The van der Waals surface area contributed by atoms with Gasteiger partial charge in [0.25, 0.3) is 0 Å². The van der Waals surface area contributed by atoms with Crippen LogP contribution in [0.3, 0.4) is 0 Å². The molecule has 1 saturated heterocycles. The quantitative estimate of drug-likeness (QED) is 0.613. The summed E-state index contributed by atoms with van der Waals surface area (Å²) in [6.07, 6.45) is 2.98. The van der Waals surface area contributed by atoms with Gasteiger partial charge in [-0.1, -0.05) is 35.9 Å². The Morgan fingerprint density at radius 2 is 1.92 bits per heavy atom. The molecule has 1 aliphatic carbocycles. The molecule has 1 aromatic carbocycles. The largest absolute Gasteiger partial charge is 0.466 e. The van der Waals surface area contributed by atoms with Gasteiger partial charge in [-0.25, -0.2) is 13.2 Å². The standard InChI is InChI=1S/C19H23NO4S/c1-13-4-8-17(9-5-13)25(22,23)20-11-16-10-15(19(21)24-3)7-6-14(2)18(16)12-20/h4-5,7-9,16,18H,2,6,10-12H2,1,3H3. The van der Waals surface area contributed by atoms with E-state index in [1.165, 1.54) is 11.4 Å². The van der Waals surface area contributed by atoms with Crippen LogP contribution in [-0.4, -0.2) is 38.9 Å². The number of aryl methyl sites for hydroxylation is 1. The Kier molecular flexibility index (Phi) is 4.84. The van der Waals surface area contributed by atoms with E-state index in [0.29, 0.717) is 36.4 Å². The van der Waals surface area contributed by atoms with Gasteiger partial charge < -0.3 is 4.74 Å². The molecule has 0 spiro atoms. The predicted molar refractivity (Wildman–Crippen MR) is 95.4 cm³/mol. The number of nitrogens with zero attached hydrogens (tertiary/aromatic N) is 1. The summed E-state index contributed by atoms with van der Waals surface area (Å²) in [4.78, 5) is 12.2. The van der Waals surface area contributed by atoms with E-state index in [9.17, 15) is 13.2 Å². The molecular weight excluding hydrogens is 338 g/mol. The first-order valence-electron chi connectivity index (χ1n) is 8.34. The summed E-state index contributed by atoms with van der Waals surface area (Å²) in [7, 11) is -2.17. The Morgan fingerprint density at radius 1 is 1.24 bits per heavy atom. The van der Waals surface area contributed by atoms with Crippen LogP contribution in [0.5, 0.6) is 0 Å². The zero-order chi connectivity index (χ0) is 18.2. The summed E-state index contributed by atoms with van der Waals surface area (Å²) >= 11 is 0. The average Bonchev–Trinajstić information content (AvgIpc) is 2.96. The first-order valence-corrected chi connectivity index (χ1v) is 9.78. The first kappa shape index (κ1) is 17.9. The van der Waals surface area contributed by atoms with E-state index in [1.807, 2.05) is 13.0 Å². The first-order chi connectivity index (χ1) is 11.8. The van der Waals surface area contributed by atoms with Crippen molar-refractivity contribution in [2.24, 2.45) is 11.8 Å². The van der Waals surface area contributed by atoms with E-state index in [4.69, 9.17) is 4.74 Å². The Morgan fingerprint density at radius 3 is 2.56 bits per heavy atom. The highest BCUT2D eigenvalue weighted by Crippen LogP contribution is 2.39. The van der Waals surface area contributed by atoms with Crippen LogP contribution in [0.15, 0.2) is 53.0 Å². The van der Waals surface area contributed by atoms with Gasteiger partial charge in [0.05, 0.1) is 12.0 Å². The number of sulfonamides is 1. The van der Waals surface area contributed by atoms with Gasteiger partial charge in [-0.05, 0) is 43.7 Å². The van der Waals surface area contributed by atoms with Gasteiger partial charge in [0, 0.05) is 18.7 Å². The molecule has 6 heteroatoms. The second kappa shape index (κ2) is 6.77. The van der Waals surface area contributed by atoms with Crippen molar-refractivity contribution in [3.05, 3.63) is 53.6 Å². The molecule has 0 amide bonds. The van der Waals surface area contributed by atoms with Crippen LogP contribution in [0.4, 0.5) is 0 Å². The molecule has 0 aromatic heterocycles. The van der Waals surface area contributed by atoms with Crippen molar-refractivity contribution in [2.45, 2.75) is 24.7 Å². The van der Waals surface area contributed by atoms with Gasteiger partial charge in [0.1, 0.15) is 0 Å². The number of esters is 1. The number of hydrogen-bond donors (Lipinski definition) is 0. The lowest BCUT2D eigenvalue weighted by molar-refractivity contribution is -0.136. The minimum Gasteiger partial charge on any atom is -0.466 e. The molecule has 2 aliphatic rings. The van der Waals surface area contributed by atoms with Crippen molar-refractivity contribution < 1.29 is 17.9 Å². The second-order valence-electron chi connectivity index (χ2n) is 6.79. The van der Waals surface area contributed by atoms with E-state index in [-0.39, 0.29) is 17.8 Å². The van der Waals surface area contributed by atoms with E-state index in [0.717, 1.165) is 11.1 Å². The van der Waals surface area contributed by atoms with Crippen molar-refractivity contribution in [1.29, 1.82) is 0 Å². The smallest absolute Gasteiger partial charge is 0.333 e. The minimum atomic E-state index is -3.54. The fourth-order valence-corrected chi connectivity index (χ4v) is 5.15. The van der Waals surface area contributed by atoms with Gasteiger partial charge in [0.15, 0.2) is 0 Å². The highest BCUT2D eigenvalue weighted by molar-refractivity contribution is 7.89. The number of ether oxygens (including phenoxy) is 1. The zero-order valence-corrected chi connectivity index (χ0v) is 15.4. The van der Waals surface area contributed by atoms with Crippen LogP contribution in [0, 0.1) is 18.8 Å². The van der Waals surface area contributed by atoms with Crippen LogP contribution >= 0.6 is 0 Å². The summed E-state index contributed by atoms with van der Waals surface area (Å²) in [6, 6.07) is 6.90. The third-order valence-corrected chi connectivity index (χ3v) is 6.98. The van der Waals surface area contributed by atoms with Crippen LogP contribution in [-0.2, 0) is 19.6 Å². The summed E-state index contributed by atoms with van der Waals surface area (Å²) in [5.74, 6) is -0.215. The molecule has 1 aromatic rings. The van der Waals surface area contributed by atoms with E-state index >= 15 is 0 Å². The third-order valence-electron chi connectivity index (χ3n) is 5.13. The van der Waals surface area contributed by atoms with Crippen LogP contribution in [0.2, 0.25) is 0 Å². The van der Waals surface area contributed by atoms with Gasteiger partial charge in [-0.15, -0.1) is 0 Å². The predicted octanol–water partition coefficient (Wildman–Crippen LogP) is 2.68. The number of rotatable bonds is 3. The lowest BCUT2D eigenvalue weighted by Crippen LogP contribution is -2.29. The number of benzene rings is 1. The van der Waals surface area contributed by atoms with Crippen molar-refractivity contribution in [2.75, 3.05) is 20.2 Å². The number of fused-ring (bicyclic) bond motifs is 1. The minimum absolute atomic E-state index is 0.0561. The highest BCUT2D eigenvalue weighted by atomic mass is 32.2. The maximum absolute atomic E-state index is 12.9. The SMILES string of the molecule is C=C1CC=C(C(=O)OC)CC2CN(S(=O)(=O)c3ccc(C)cc3)CC12. The highest BCUT2D eigenvalue weighted by Gasteiger charge is 2.42. The van der Waals surface area contributed by atoms with Gasteiger partial charge in [-0.2, -0.15) is 4.31 Å². The molecule has 0 radical (unpaired) electrons. The fraction of sp³-hybridized carbons (Fsp3) is 0.421. The van der Waals surface area contributed by atoms with Crippen molar-refractivity contribution in [3.63, 3.8) is 0 Å². The van der Waals surface area contributed by atoms with Crippen LogP contribution in [0.1, 0.15) is 18.4 Å². The molecule has 0 saturated carbocycles. The molecule has 134 valence electrons. The molecule has 0 bridgehead atoms. The van der Waals surface area contributed by atoms with Gasteiger partial charge in [0.2, 0.25) is 10.0 Å². The average molecular weight is 361 g/mol. The Bertz CT molecular complexity index is 823. The van der Waals surface area contributed by atoms with E-state index in [2.05, 4.69) is 6.58 Å². The summed E-state index contributed by atoms with van der Waals surface area (Å²) in [6.45, 7) is 6.86. The molecule has 1 heterocycles. The molecule has 2 atom stereocenters. The number of carbonyl (C=O) groups excluding carboxylic acids is 1. The number of hydrogen-bond acceptors (Lipinski definition) is 4. The molecular formula is C19H23NO4S. The normalized spacial score (nSPS) is 24.4. The molecule has 5 nitrogen and oxygen atoms in total. The van der Waals surface area contributed by atoms with E-state index in [1.54, 1.807) is 24.3 Å². The zero-order valence-electron chi connectivity index (χ0n) is 14.6. The summed E-state index contributed by atoms with van der Waals surface area (Å²) in [5, 5.41) is 0. The Labute approximate surface area is 149 Å². The van der Waals surface area contributed by atoms with Crippen molar-refractivity contribution in [3.8, 4) is 0 Å².